The lowest BCUT2D eigenvalue weighted by molar-refractivity contribution is -0.154. The Hall–Kier alpha value is -2.03. The van der Waals surface area contributed by atoms with Crippen molar-refractivity contribution >= 4 is 23.4 Å². The van der Waals surface area contributed by atoms with E-state index >= 15 is 0 Å². The first-order valence-electron chi connectivity index (χ1n) is 7.09. The van der Waals surface area contributed by atoms with Gasteiger partial charge >= 0.3 is 6.18 Å². The smallest absolute Gasteiger partial charge is 0.422 e. The van der Waals surface area contributed by atoms with E-state index in [1.807, 2.05) is 0 Å². The van der Waals surface area contributed by atoms with Gasteiger partial charge in [-0.05, 0) is 19.9 Å². The predicted molar refractivity (Wildman–Crippen MR) is 81.1 cm³/mol. The highest BCUT2D eigenvalue weighted by Gasteiger charge is 2.29. The number of amides is 2. The van der Waals surface area contributed by atoms with Crippen LogP contribution in [0.5, 0.6) is 5.88 Å². The molecule has 0 unspecified atom stereocenters. The predicted octanol–water partition coefficient (Wildman–Crippen LogP) is 2.27. The quantitative estimate of drug-likeness (QED) is 0.802. The normalized spacial score (nSPS) is 11.1. The lowest BCUT2D eigenvalue weighted by atomic mass is 10.2. The number of carbonyl (C=O) groups excluding carboxylic acids is 2. The summed E-state index contributed by atoms with van der Waals surface area (Å²) in [5.41, 5.74) is 0.0468. The van der Waals surface area contributed by atoms with E-state index < -0.39 is 24.6 Å². The Morgan fingerprint density at radius 3 is 2.54 bits per heavy atom. The van der Waals surface area contributed by atoms with Crippen LogP contribution in [-0.2, 0) is 4.79 Å². The third kappa shape index (κ3) is 6.23. The summed E-state index contributed by atoms with van der Waals surface area (Å²) in [6.07, 6.45) is -3.47. The van der Waals surface area contributed by atoms with Crippen molar-refractivity contribution in [3.63, 3.8) is 0 Å². The van der Waals surface area contributed by atoms with Crippen molar-refractivity contribution in [2.75, 3.05) is 26.2 Å². The third-order valence-electron chi connectivity index (χ3n) is 2.80. The standard InChI is InChI=1S/C14H17ClF3N3O3/c1-3-19-11(22)7-21(4-2)13(23)9-5-10(15)12(20-6-9)24-8-14(16,17)18/h5-6H,3-4,7-8H2,1-2H3,(H,19,22). The van der Waals surface area contributed by atoms with Crippen LogP contribution in [0.2, 0.25) is 5.02 Å². The maximum Gasteiger partial charge on any atom is 0.422 e. The third-order valence-corrected chi connectivity index (χ3v) is 3.08. The fourth-order valence-corrected chi connectivity index (χ4v) is 1.96. The minimum atomic E-state index is -4.52. The summed E-state index contributed by atoms with van der Waals surface area (Å²) >= 11 is 5.80. The zero-order chi connectivity index (χ0) is 18.3. The van der Waals surface area contributed by atoms with Crippen LogP contribution in [0.1, 0.15) is 24.2 Å². The van der Waals surface area contributed by atoms with E-state index in [4.69, 9.17) is 11.6 Å². The van der Waals surface area contributed by atoms with Crippen LogP contribution in [0.4, 0.5) is 13.2 Å². The van der Waals surface area contributed by atoms with E-state index in [2.05, 4.69) is 15.0 Å². The van der Waals surface area contributed by atoms with E-state index in [-0.39, 0.29) is 29.6 Å². The fraction of sp³-hybridized carbons (Fsp3) is 0.500. The summed E-state index contributed by atoms with van der Waals surface area (Å²) in [4.78, 5) is 28.8. The minimum Gasteiger partial charge on any atom is -0.467 e. The van der Waals surface area contributed by atoms with Crippen LogP contribution in [0, 0.1) is 0 Å². The van der Waals surface area contributed by atoms with Gasteiger partial charge in [0.15, 0.2) is 6.61 Å². The zero-order valence-electron chi connectivity index (χ0n) is 13.1. The summed E-state index contributed by atoms with van der Waals surface area (Å²) in [6.45, 7) is 2.45. The molecule has 134 valence electrons. The zero-order valence-corrected chi connectivity index (χ0v) is 13.9. The number of nitrogens with zero attached hydrogens (tertiary/aromatic N) is 2. The van der Waals surface area contributed by atoms with Crippen molar-refractivity contribution in [1.82, 2.24) is 15.2 Å². The second-order valence-corrected chi connectivity index (χ2v) is 5.09. The molecular formula is C14H17ClF3N3O3. The average Bonchev–Trinajstić information content (AvgIpc) is 2.50. The summed E-state index contributed by atoms with van der Waals surface area (Å²) in [7, 11) is 0. The highest BCUT2D eigenvalue weighted by Crippen LogP contribution is 2.25. The van der Waals surface area contributed by atoms with Crippen molar-refractivity contribution in [1.29, 1.82) is 0 Å². The molecule has 10 heteroatoms. The highest BCUT2D eigenvalue weighted by molar-refractivity contribution is 6.32. The molecule has 0 radical (unpaired) electrons. The molecule has 0 aromatic carbocycles. The first kappa shape index (κ1) is 20.0. The van der Waals surface area contributed by atoms with Gasteiger partial charge < -0.3 is 15.0 Å². The average molecular weight is 368 g/mol. The van der Waals surface area contributed by atoms with Crippen LogP contribution >= 0.6 is 11.6 Å². The van der Waals surface area contributed by atoms with Gasteiger partial charge in [0.1, 0.15) is 5.02 Å². The number of pyridine rings is 1. The van der Waals surface area contributed by atoms with Gasteiger partial charge in [-0.15, -0.1) is 0 Å². The highest BCUT2D eigenvalue weighted by atomic mass is 35.5. The Balaban J connectivity index is 2.83. The number of alkyl halides is 3. The monoisotopic (exact) mass is 367 g/mol. The van der Waals surface area contributed by atoms with Gasteiger partial charge in [0.25, 0.3) is 5.91 Å². The van der Waals surface area contributed by atoms with E-state index in [0.717, 1.165) is 12.3 Å². The van der Waals surface area contributed by atoms with E-state index in [1.54, 1.807) is 13.8 Å². The number of halogens is 4. The largest absolute Gasteiger partial charge is 0.467 e. The minimum absolute atomic E-state index is 0.0468. The van der Waals surface area contributed by atoms with Crippen LogP contribution in [0.3, 0.4) is 0 Å². The molecule has 1 N–H and O–H groups in total. The van der Waals surface area contributed by atoms with Gasteiger partial charge in [0.2, 0.25) is 11.8 Å². The molecule has 0 saturated carbocycles. The van der Waals surface area contributed by atoms with Crippen LogP contribution in [0.25, 0.3) is 0 Å². The van der Waals surface area contributed by atoms with Gasteiger partial charge in [0.05, 0.1) is 12.1 Å². The number of nitrogens with one attached hydrogen (secondary N) is 1. The van der Waals surface area contributed by atoms with Gasteiger partial charge in [-0.3, -0.25) is 9.59 Å². The molecular weight excluding hydrogens is 351 g/mol. The molecule has 0 aliphatic heterocycles. The molecule has 0 fully saturated rings. The molecule has 1 aromatic rings. The Morgan fingerprint density at radius 1 is 1.38 bits per heavy atom. The number of aromatic nitrogens is 1. The SMILES string of the molecule is CCNC(=O)CN(CC)C(=O)c1cnc(OCC(F)(F)F)c(Cl)c1. The maximum absolute atomic E-state index is 12.3. The molecule has 1 heterocycles. The lowest BCUT2D eigenvalue weighted by Crippen LogP contribution is -2.40. The van der Waals surface area contributed by atoms with Crippen LogP contribution in [0.15, 0.2) is 12.3 Å². The number of hydrogen-bond donors (Lipinski definition) is 1. The fourth-order valence-electron chi connectivity index (χ4n) is 1.73. The first-order valence-corrected chi connectivity index (χ1v) is 7.46. The first-order chi connectivity index (χ1) is 11.2. The summed E-state index contributed by atoms with van der Waals surface area (Å²) < 4.78 is 40.8. The van der Waals surface area contributed by atoms with Crippen LogP contribution in [-0.4, -0.2) is 54.1 Å². The van der Waals surface area contributed by atoms with Gasteiger partial charge in [-0.25, -0.2) is 4.98 Å². The molecule has 0 spiro atoms. The van der Waals surface area contributed by atoms with Crippen molar-refractivity contribution in [2.24, 2.45) is 0 Å². The molecule has 0 saturated heterocycles. The second kappa shape index (κ2) is 8.72. The molecule has 2 amide bonds. The second-order valence-electron chi connectivity index (χ2n) is 4.69. The summed E-state index contributed by atoms with van der Waals surface area (Å²) in [5.74, 6) is -1.25. The lowest BCUT2D eigenvalue weighted by Gasteiger charge is -2.20. The van der Waals surface area contributed by atoms with Crippen molar-refractivity contribution < 1.29 is 27.5 Å². The van der Waals surface area contributed by atoms with E-state index in [9.17, 15) is 22.8 Å². The number of carbonyl (C=O) groups is 2. The number of hydrogen-bond acceptors (Lipinski definition) is 4. The van der Waals surface area contributed by atoms with Crippen molar-refractivity contribution in [3.05, 3.63) is 22.8 Å². The molecule has 0 aliphatic carbocycles. The van der Waals surface area contributed by atoms with E-state index in [0.29, 0.717) is 6.54 Å². The summed E-state index contributed by atoms with van der Waals surface area (Å²) in [6, 6.07) is 1.16. The van der Waals surface area contributed by atoms with Gasteiger partial charge in [-0.2, -0.15) is 13.2 Å². The number of ether oxygens (including phenoxy) is 1. The molecule has 24 heavy (non-hydrogen) atoms. The summed E-state index contributed by atoms with van der Waals surface area (Å²) in [5, 5.41) is 2.34. The van der Waals surface area contributed by atoms with E-state index in [1.165, 1.54) is 4.90 Å². The molecule has 0 bridgehead atoms. The molecule has 0 atom stereocenters. The molecule has 0 aliphatic rings. The Kier molecular flexibility index (Phi) is 7.27. The van der Waals surface area contributed by atoms with Gasteiger partial charge in [0, 0.05) is 19.3 Å². The number of rotatable bonds is 7. The van der Waals surface area contributed by atoms with Crippen molar-refractivity contribution in [3.8, 4) is 5.88 Å². The van der Waals surface area contributed by atoms with Gasteiger partial charge in [-0.1, -0.05) is 11.6 Å². The Morgan fingerprint density at radius 2 is 2.04 bits per heavy atom. The molecule has 1 rings (SSSR count). The Bertz CT molecular complexity index is 596. The van der Waals surface area contributed by atoms with Crippen LogP contribution < -0.4 is 10.1 Å². The molecule has 1 aromatic heterocycles. The number of likely N-dealkylation sites (N-methyl/N-ethyl adjacent to an activating group) is 2. The van der Waals surface area contributed by atoms with Crippen molar-refractivity contribution in [2.45, 2.75) is 20.0 Å². The Labute approximate surface area is 141 Å². The molecule has 6 nitrogen and oxygen atoms in total. The maximum atomic E-state index is 12.3. The topological polar surface area (TPSA) is 71.5 Å².